The van der Waals surface area contributed by atoms with Crippen molar-refractivity contribution in [2.24, 2.45) is 7.05 Å². The van der Waals surface area contributed by atoms with E-state index in [9.17, 15) is 0 Å². The van der Waals surface area contributed by atoms with Gasteiger partial charge in [-0.3, -0.25) is 9.58 Å². The number of aromatic nitrogens is 2. The fourth-order valence-corrected chi connectivity index (χ4v) is 2.44. The lowest BCUT2D eigenvalue weighted by molar-refractivity contribution is 0.255. The second-order valence-corrected chi connectivity index (χ2v) is 4.40. The average molecular weight is 218 g/mol. The summed E-state index contributed by atoms with van der Waals surface area (Å²) < 4.78 is 1.86. The molecule has 0 bridgehead atoms. The zero-order valence-corrected chi connectivity index (χ0v) is 9.76. The maximum Gasteiger partial charge on any atom is 0.0622 e. The molecule has 1 saturated heterocycles. The summed E-state index contributed by atoms with van der Waals surface area (Å²) in [5.74, 6) is 0. The summed E-state index contributed by atoms with van der Waals surface area (Å²) in [5, 5.41) is 12.8. The van der Waals surface area contributed by atoms with Crippen molar-refractivity contribution >= 4 is 0 Å². The van der Waals surface area contributed by atoms with Gasteiger partial charge in [0, 0.05) is 31.3 Å². The Bertz CT molecular complexity index is 377. The molecule has 1 aromatic heterocycles. The maximum atomic E-state index is 8.54. The van der Waals surface area contributed by atoms with Crippen molar-refractivity contribution in [3.63, 3.8) is 0 Å². The molecule has 0 amide bonds. The number of hydrogen-bond donors (Lipinski definition) is 0. The first-order chi connectivity index (χ1) is 7.81. The van der Waals surface area contributed by atoms with Crippen LogP contribution in [0.1, 0.15) is 37.3 Å². The van der Waals surface area contributed by atoms with Gasteiger partial charge in [0.2, 0.25) is 0 Å². The van der Waals surface area contributed by atoms with Gasteiger partial charge in [0.15, 0.2) is 0 Å². The minimum absolute atomic E-state index is 0.521. The van der Waals surface area contributed by atoms with E-state index in [2.05, 4.69) is 22.3 Å². The highest BCUT2D eigenvalue weighted by Gasteiger charge is 2.26. The van der Waals surface area contributed by atoms with E-state index in [0.717, 1.165) is 19.5 Å². The van der Waals surface area contributed by atoms with Gasteiger partial charge in [0.05, 0.1) is 12.3 Å². The number of nitriles is 1. The van der Waals surface area contributed by atoms with Gasteiger partial charge in [0.1, 0.15) is 0 Å². The molecule has 2 rings (SSSR count). The largest absolute Gasteiger partial charge is 0.296 e. The molecule has 4 heteroatoms. The fraction of sp³-hybridized carbons (Fsp3) is 0.667. The molecule has 16 heavy (non-hydrogen) atoms. The lowest BCUT2D eigenvalue weighted by Gasteiger charge is -2.22. The molecule has 0 aromatic carbocycles. The first-order valence-corrected chi connectivity index (χ1v) is 5.91. The van der Waals surface area contributed by atoms with Crippen molar-refractivity contribution in [1.82, 2.24) is 14.7 Å². The summed E-state index contributed by atoms with van der Waals surface area (Å²) >= 11 is 0. The van der Waals surface area contributed by atoms with Gasteiger partial charge in [-0.05, 0) is 32.4 Å². The van der Waals surface area contributed by atoms with Crippen LogP contribution in [0.15, 0.2) is 12.4 Å². The van der Waals surface area contributed by atoms with Crippen molar-refractivity contribution in [3.05, 3.63) is 18.0 Å². The topological polar surface area (TPSA) is 44.9 Å². The van der Waals surface area contributed by atoms with E-state index in [1.54, 1.807) is 0 Å². The molecule has 0 N–H and O–H groups in total. The summed E-state index contributed by atoms with van der Waals surface area (Å²) in [4.78, 5) is 2.48. The first kappa shape index (κ1) is 11.2. The maximum absolute atomic E-state index is 8.54. The molecule has 1 aliphatic heterocycles. The quantitative estimate of drug-likeness (QED) is 0.725. The minimum Gasteiger partial charge on any atom is -0.296 e. The smallest absolute Gasteiger partial charge is 0.0622 e. The molecule has 1 aromatic rings. The molecule has 2 heterocycles. The van der Waals surface area contributed by atoms with Gasteiger partial charge in [-0.25, -0.2) is 0 Å². The van der Waals surface area contributed by atoms with Gasteiger partial charge < -0.3 is 0 Å². The number of nitrogens with zero attached hydrogens (tertiary/aromatic N) is 4. The Balaban J connectivity index is 1.96. The third-order valence-corrected chi connectivity index (χ3v) is 3.21. The van der Waals surface area contributed by atoms with Crippen molar-refractivity contribution < 1.29 is 0 Å². The zero-order valence-electron chi connectivity index (χ0n) is 9.76. The fourth-order valence-electron chi connectivity index (χ4n) is 2.44. The Labute approximate surface area is 96.5 Å². The van der Waals surface area contributed by atoms with E-state index < -0.39 is 0 Å². The molecule has 0 aliphatic carbocycles. The van der Waals surface area contributed by atoms with Crippen LogP contribution in [-0.2, 0) is 7.05 Å². The van der Waals surface area contributed by atoms with E-state index in [1.807, 2.05) is 17.9 Å². The third kappa shape index (κ3) is 2.42. The predicted octanol–water partition coefficient (Wildman–Crippen LogP) is 1.86. The van der Waals surface area contributed by atoms with Crippen molar-refractivity contribution in [2.45, 2.75) is 31.7 Å². The van der Waals surface area contributed by atoms with Crippen molar-refractivity contribution in [2.75, 3.05) is 13.1 Å². The average Bonchev–Trinajstić information content (AvgIpc) is 2.87. The summed E-state index contributed by atoms with van der Waals surface area (Å²) in [6.07, 6.45) is 8.19. The standard InChI is InChI=1S/C12H18N4/c1-15-10-11(9-14-15)12-5-4-8-16(12)7-3-2-6-13/h9-10,12H,2-5,7-8H2,1H3. The summed E-state index contributed by atoms with van der Waals surface area (Å²) in [6.45, 7) is 2.19. The minimum atomic E-state index is 0.521. The van der Waals surface area contributed by atoms with Gasteiger partial charge in [-0.15, -0.1) is 0 Å². The zero-order chi connectivity index (χ0) is 11.4. The Morgan fingerprint density at radius 2 is 2.50 bits per heavy atom. The van der Waals surface area contributed by atoms with Crippen LogP contribution in [0.2, 0.25) is 0 Å². The van der Waals surface area contributed by atoms with Crippen LogP contribution < -0.4 is 0 Å². The predicted molar refractivity (Wildman–Crippen MR) is 61.6 cm³/mol. The summed E-state index contributed by atoms with van der Waals surface area (Å²) in [7, 11) is 1.96. The third-order valence-electron chi connectivity index (χ3n) is 3.21. The number of unbranched alkanes of at least 4 members (excludes halogenated alkanes) is 1. The molecule has 0 radical (unpaired) electrons. The van der Waals surface area contributed by atoms with E-state index in [1.165, 1.54) is 18.4 Å². The highest BCUT2D eigenvalue weighted by molar-refractivity contribution is 5.12. The monoisotopic (exact) mass is 218 g/mol. The van der Waals surface area contributed by atoms with Crippen molar-refractivity contribution in [3.8, 4) is 6.07 Å². The molecular weight excluding hydrogens is 200 g/mol. The highest BCUT2D eigenvalue weighted by Crippen LogP contribution is 2.31. The van der Waals surface area contributed by atoms with E-state index in [-0.39, 0.29) is 0 Å². The Morgan fingerprint density at radius 1 is 1.62 bits per heavy atom. The second kappa shape index (κ2) is 5.13. The molecule has 0 saturated carbocycles. The van der Waals surface area contributed by atoms with Gasteiger partial charge in [-0.1, -0.05) is 0 Å². The van der Waals surface area contributed by atoms with Gasteiger partial charge in [-0.2, -0.15) is 10.4 Å². The molecule has 1 aliphatic rings. The molecule has 86 valence electrons. The van der Waals surface area contributed by atoms with Crippen LogP contribution in [-0.4, -0.2) is 27.8 Å². The number of hydrogen-bond acceptors (Lipinski definition) is 3. The molecular formula is C12H18N4. The Hall–Kier alpha value is -1.34. The van der Waals surface area contributed by atoms with Gasteiger partial charge in [0.25, 0.3) is 0 Å². The number of likely N-dealkylation sites (tertiary alicyclic amines) is 1. The van der Waals surface area contributed by atoms with E-state index >= 15 is 0 Å². The van der Waals surface area contributed by atoms with E-state index in [0.29, 0.717) is 12.5 Å². The normalized spacial score (nSPS) is 21.1. The highest BCUT2D eigenvalue weighted by atomic mass is 15.3. The van der Waals surface area contributed by atoms with Crippen molar-refractivity contribution in [1.29, 1.82) is 5.26 Å². The second-order valence-electron chi connectivity index (χ2n) is 4.40. The summed E-state index contributed by atoms with van der Waals surface area (Å²) in [6, 6.07) is 2.73. The molecule has 1 atom stereocenters. The van der Waals surface area contributed by atoms with E-state index in [4.69, 9.17) is 5.26 Å². The lowest BCUT2D eigenvalue weighted by Crippen LogP contribution is -2.24. The lowest BCUT2D eigenvalue weighted by atomic mass is 10.1. The van der Waals surface area contributed by atoms with Crippen LogP contribution in [0.4, 0.5) is 0 Å². The van der Waals surface area contributed by atoms with Crippen LogP contribution in [0.5, 0.6) is 0 Å². The van der Waals surface area contributed by atoms with Crippen LogP contribution >= 0.6 is 0 Å². The molecule has 0 spiro atoms. The molecule has 1 fully saturated rings. The first-order valence-electron chi connectivity index (χ1n) is 5.91. The Morgan fingerprint density at radius 3 is 3.19 bits per heavy atom. The van der Waals surface area contributed by atoms with Crippen LogP contribution in [0.25, 0.3) is 0 Å². The van der Waals surface area contributed by atoms with Crippen LogP contribution in [0.3, 0.4) is 0 Å². The number of aryl methyl sites for hydroxylation is 1. The van der Waals surface area contributed by atoms with Gasteiger partial charge >= 0.3 is 0 Å². The summed E-state index contributed by atoms with van der Waals surface area (Å²) in [5.41, 5.74) is 1.32. The molecule has 1 unspecified atom stereocenters. The van der Waals surface area contributed by atoms with Crippen LogP contribution in [0, 0.1) is 11.3 Å². The SMILES string of the molecule is Cn1cc(C2CCCN2CCCC#N)cn1. The Kier molecular flexibility index (Phi) is 3.58. The number of rotatable bonds is 4. The molecule has 4 nitrogen and oxygen atoms in total.